The average molecular weight is 217 g/mol. The molecule has 1 saturated carbocycles. The summed E-state index contributed by atoms with van der Waals surface area (Å²) in [6.07, 6.45) is 2.56. The van der Waals surface area contributed by atoms with Crippen LogP contribution in [0.2, 0.25) is 0 Å². The zero-order valence-electron chi connectivity index (χ0n) is 10.0. The summed E-state index contributed by atoms with van der Waals surface area (Å²) < 4.78 is 0. The van der Waals surface area contributed by atoms with Crippen molar-refractivity contribution in [3.05, 3.63) is 35.9 Å². The van der Waals surface area contributed by atoms with Crippen LogP contribution in [0.4, 0.5) is 0 Å². The van der Waals surface area contributed by atoms with E-state index in [4.69, 9.17) is 0 Å². The molecule has 2 nitrogen and oxygen atoms in total. The van der Waals surface area contributed by atoms with E-state index in [2.05, 4.69) is 19.1 Å². The first-order chi connectivity index (χ1) is 7.68. The maximum atomic E-state index is 11.6. The van der Waals surface area contributed by atoms with Crippen LogP contribution in [0.25, 0.3) is 0 Å². The van der Waals surface area contributed by atoms with Gasteiger partial charge in [-0.1, -0.05) is 30.3 Å². The van der Waals surface area contributed by atoms with Gasteiger partial charge in [0.2, 0.25) is 5.91 Å². The van der Waals surface area contributed by atoms with Crippen molar-refractivity contribution in [3.8, 4) is 0 Å². The Bertz CT molecular complexity index is 356. The third kappa shape index (κ3) is 2.63. The van der Waals surface area contributed by atoms with Crippen molar-refractivity contribution in [2.75, 3.05) is 0 Å². The smallest absolute Gasteiger partial charge is 0.219 e. The van der Waals surface area contributed by atoms with Gasteiger partial charge in [-0.2, -0.15) is 0 Å². The molecule has 2 rings (SSSR count). The minimum Gasteiger partial charge on any atom is -0.336 e. The molecule has 0 radical (unpaired) electrons. The van der Waals surface area contributed by atoms with Crippen LogP contribution in [-0.4, -0.2) is 16.8 Å². The molecule has 0 N–H and O–H groups in total. The van der Waals surface area contributed by atoms with E-state index in [-0.39, 0.29) is 5.91 Å². The molecule has 1 atom stereocenters. The summed E-state index contributed by atoms with van der Waals surface area (Å²) in [5, 5.41) is 0. The van der Waals surface area contributed by atoms with Crippen LogP contribution in [0.5, 0.6) is 0 Å². The summed E-state index contributed by atoms with van der Waals surface area (Å²) in [4.78, 5) is 13.6. The summed E-state index contributed by atoms with van der Waals surface area (Å²) in [5.41, 5.74) is 1.21. The van der Waals surface area contributed by atoms with E-state index in [0.29, 0.717) is 6.04 Å². The molecule has 0 bridgehead atoms. The highest BCUT2D eigenvalue weighted by atomic mass is 16.2. The van der Waals surface area contributed by atoms with E-state index < -0.39 is 0 Å². The lowest BCUT2D eigenvalue weighted by Crippen LogP contribution is -2.37. The Morgan fingerprint density at radius 2 is 2.00 bits per heavy atom. The molecule has 0 aromatic heterocycles. The highest BCUT2D eigenvalue weighted by molar-refractivity contribution is 5.73. The van der Waals surface area contributed by atoms with Crippen LogP contribution in [-0.2, 0) is 11.3 Å². The van der Waals surface area contributed by atoms with Crippen molar-refractivity contribution >= 4 is 5.91 Å². The highest BCUT2D eigenvalue weighted by Gasteiger charge is 2.33. The Hall–Kier alpha value is -1.31. The topological polar surface area (TPSA) is 20.3 Å². The molecule has 0 aliphatic heterocycles. The van der Waals surface area contributed by atoms with Crippen LogP contribution >= 0.6 is 0 Å². The van der Waals surface area contributed by atoms with Gasteiger partial charge >= 0.3 is 0 Å². The molecule has 1 aromatic carbocycles. The normalized spacial score (nSPS) is 16.9. The Kier molecular flexibility index (Phi) is 3.28. The maximum Gasteiger partial charge on any atom is 0.219 e. The number of rotatable bonds is 4. The fraction of sp³-hybridized carbons (Fsp3) is 0.500. The molecule has 1 aliphatic rings. The van der Waals surface area contributed by atoms with Crippen LogP contribution in [0, 0.1) is 5.92 Å². The fourth-order valence-corrected chi connectivity index (χ4v) is 2.16. The van der Waals surface area contributed by atoms with Gasteiger partial charge in [-0.15, -0.1) is 0 Å². The number of hydrogen-bond donors (Lipinski definition) is 0. The van der Waals surface area contributed by atoms with Gasteiger partial charge in [0.05, 0.1) is 0 Å². The van der Waals surface area contributed by atoms with E-state index in [1.807, 2.05) is 23.1 Å². The van der Waals surface area contributed by atoms with E-state index >= 15 is 0 Å². The minimum atomic E-state index is 0.184. The van der Waals surface area contributed by atoms with Gasteiger partial charge in [0, 0.05) is 19.5 Å². The minimum absolute atomic E-state index is 0.184. The maximum absolute atomic E-state index is 11.6. The summed E-state index contributed by atoms with van der Waals surface area (Å²) in [6.45, 7) is 4.58. The molecule has 1 fully saturated rings. The van der Waals surface area contributed by atoms with Gasteiger partial charge in [-0.05, 0) is 31.2 Å². The summed E-state index contributed by atoms with van der Waals surface area (Å²) in [6, 6.07) is 10.6. The van der Waals surface area contributed by atoms with E-state index in [9.17, 15) is 4.79 Å². The van der Waals surface area contributed by atoms with Gasteiger partial charge < -0.3 is 4.90 Å². The zero-order valence-corrected chi connectivity index (χ0v) is 10.0. The molecular weight excluding hydrogens is 198 g/mol. The third-order valence-electron chi connectivity index (χ3n) is 3.40. The fourth-order valence-electron chi connectivity index (χ4n) is 2.16. The van der Waals surface area contributed by atoms with Crippen molar-refractivity contribution in [2.24, 2.45) is 5.92 Å². The van der Waals surface area contributed by atoms with E-state index in [1.165, 1.54) is 18.4 Å². The van der Waals surface area contributed by atoms with Crippen molar-refractivity contribution in [3.63, 3.8) is 0 Å². The number of hydrogen-bond acceptors (Lipinski definition) is 1. The van der Waals surface area contributed by atoms with Crippen molar-refractivity contribution in [2.45, 2.75) is 39.3 Å². The Labute approximate surface area is 97.3 Å². The number of amides is 1. The van der Waals surface area contributed by atoms with Crippen LogP contribution in [0.1, 0.15) is 32.3 Å². The van der Waals surface area contributed by atoms with Gasteiger partial charge in [-0.3, -0.25) is 4.79 Å². The standard InChI is InChI=1S/C14H19NO/c1-11(14-8-9-14)15(12(2)16)10-13-6-4-3-5-7-13/h3-7,11,14H,8-10H2,1-2H3/t11-/m1/s1. The zero-order chi connectivity index (χ0) is 11.5. The lowest BCUT2D eigenvalue weighted by Gasteiger charge is -2.28. The van der Waals surface area contributed by atoms with Crippen LogP contribution in [0.15, 0.2) is 30.3 Å². The molecule has 1 amide bonds. The monoisotopic (exact) mass is 217 g/mol. The van der Waals surface area contributed by atoms with Gasteiger partial charge in [0.25, 0.3) is 0 Å². The number of benzene rings is 1. The molecule has 86 valence electrons. The summed E-state index contributed by atoms with van der Waals surface area (Å²) in [7, 11) is 0. The first-order valence-corrected chi connectivity index (χ1v) is 5.99. The van der Waals surface area contributed by atoms with Gasteiger partial charge in [0.1, 0.15) is 0 Å². The molecule has 1 aromatic rings. The molecule has 0 saturated heterocycles. The van der Waals surface area contributed by atoms with E-state index in [1.54, 1.807) is 6.92 Å². The second-order valence-electron chi connectivity index (χ2n) is 4.71. The Morgan fingerprint density at radius 3 is 2.50 bits per heavy atom. The quantitative estimate of drug-likeness (QED) is 0.759. The van der Waals surface area contributed by atoms with Crippen LogP contribution < -0.4 is 0 Å². The molecule has 0 spiro atoms. The van der Waals surface area contributed by atoms with Crippen molar-refractivity contribution in [1.29, 1.82) is 0 Å². The van der Waals surface area contributed by atoms with Gasteiger partial charge in [-0.25, -0.2) is 0 Å². The van der Waals surface area contributed by atoms with E-state index in [0.717, 1.165) is 12.5 Å². The predicted octanol–water partition coefficient (Wildman–Crippen LogP) is 2.83. The number of carbonyl (C=O) groups is 1. The van der Waals surface area contributed by atoms with Crippen LogP contribution in [0.3, 0.4) is 0 Å². The predicted molar refractivity (Wildman–Crippen MR) is 64.9 cm³/mol. The van der Waals surface area contributed by atoms with Gasteiger partial charge in [0.15, 0.2) is 0 Å². The average Bonchev–Trinajstić information content (AvgIpc) is 3.10. The molecule has 0 unspecified atom stereocenters. The second kappa shape index (κ2) is 4.69. The molecule has 0 heterocycles. The summed E-state index contributed by atoms with van der Waals surface area (Å²) in [5.74, 6) is 0.913. The highest BCUT2D eigenvalue weighted by Crippen LogP contribution is 2.35. The first-order valence-electron chi connectivity index (χ1n) is 5.99. The molecule has 16 heavy (non-hydrogen) atoms. The van der Waals surface area contributed by atoms with Crippen molar-refractivity contribution in [1.82, 2.24) is 4.90 Å². The second-order valence-corrected chi connectivity index (χ2v) is 4.71. The van der Waals surface area contributed by atoms with Crippen molar-refractivity contribution < 1.29 is 4.79 Å². The summed E-state index contributed by atoms with van der Waals surface area (Å²) >= 11 is 0. The lowest BCUT2D eigenvalue weighted by atomic mass is 10.1. The lowest BCUT2D eigenvalue weighted by molar-refractivity contribution is -0.131. The first kappa shape index (κ1) is 11.2. The number of nitrogens with zero attached hydrogens (tertiary/aromatic N) is 1. The number of carbonyl (C=O) groups excluding carboxylic acids is 1. The largest absolute Gasteiger partial charge is 0.336 e. The third-order valence-corrected chi connectivity index (χ3v) is 3.40. The molecular formula is C14H19NO. The Balaban J connectivity index is 2.05. The molecule has 2 heteroatoms. The molecule has 1 aliphatic carbocycles. The Morgan fingerprint density at radius 1 is 1.38 bits per heavy atom. The SMILES string of the molecule is CC(=O)N(Cc1ccccc1)[C@H](C)C1CC1.